The number of nitrogens with two attached hydrogens (primary N) is 1. The van der Waals surface area contributed by atoms with Crippen LogP contribution in [0.15, 0.2) is 17.0 Å². The Kier molecular flexibility index (Phi) is 5.24. The quantitative estimate of drug-likeness (QED) is 0.813. The van der Waals surface area contributed by atoms with Gasteiger partial charge in [-0.05, 0) is 19.1 Å². The molecule has 3 N–H and O–H groups in total. The van der Waals surface area contributed by atoms with Crippen molar-refractivity contribution < 1.29 is 13.2 Å². The van der Waals surface area contributed by atoms with Gasteiger partial charge in [0.15, 0.2) is 0 Å². The van der Waals surface area contributed by atoms with Crippen LogP contribution in [0.4, 0.5) is 5.69 Å². The Bertz CT molecular complexity index is 511. The molecule has 1 atom stereocenters. The molecule has 1 aromatic carbocycles. The van der Waals surface area contributed by atoms with Gasteiger partial charge in [0, 0.05) is 18.2 Å². The summed E-state index contributed by atoms with van der Waals surface area (Å²) in [5.74, 6) is 0. The number of halogens is 2. The number of sulfonamides is 1. The molecule has 5 nitrogen and oxygen atoms in total. The van der Waals surface area contributed by atoms with Gasteiger partial charge in [-0.25, -0.2) is 13.1 Å². The maximum Gasteiger partial charge on any atom is 0.244 e. The van der Waals surface area contributed by atoms with E-state index >= 15 is 0 Å². The second-order valence-electron chi connectivity index (χ2n) is 3.78. The Morgan fingerprint density at radius 1 is 1.44 bits per heavy atom. The van der Waals surface area contributed by atoms with E-state index in [2.05, 4.69) is 4.72 Å². The molecule has 0 aliphatic rings. The number of nitrogens with one attached hydrogen (secondary N) is 1. The number of hydrogen-bond donors (Lipinski definition) is 2. The van der Waals surface area contributed by atoms with Crippen LogP contribution in [-0.2, 0) is 14.8 Å². The van der Waals surface area contributed by atoms with E-state index in [1.165, 1.54) is 19.2 Å². The SMILES string of the molecule is COCC(C)NS(=O)(=O)c1c(N)cc(Cl)cc1Cl. The summed E-state index contributed by atoms with van der Waals surface area (Å²) in [5, 5.41) is 0.263. The minimum Gasteiger partial charge on any atom is -0.398 e. The van der Waals surface area contributed by atoms with Gasteiger partial charge in [-0.1, -0.05) is 23.2 Å². The van der Waals surface area contributed by atoms with E-state index in [0.29, 0.717) is 0 Å². The van der Waals surface area contributed by atoms with Crippen LogP contribution in [0.2, 0.25) is 10.0 Å². The summed E-state index contributed by atoms with van der Waals surface area (Å²) in [6, 6.07) is 2.27. The van der Waals surface area contributed by atoms with Crippen LogP contribution in [-0.4, -0.2) is 28.2 Å². The first-order chi connectivity index (χ1) is 8.27. The fourth-order valence-electron chi connectivity index (χ4n) is 1.47. The molecular formula is C10H14Cl2N2O3S. The molecule has 0 amide bonds. The van der Waals surface area contributed by atoms with Crippen molar-refractivity contribution in [1.29, 1.82) is 0 Å². The molecule has 0 spiro atoms. The van der Waals surface area contributed by atoms with Crippen molar-refractivity contribution >= 4 is 38.9 Å². The molecule has 0 saturated carbocycles. The second-order valence-corrected chi connectivity index (χ2v) is 6.28. The molecule has 1 unspecified atom stereocenters. The average molecular weight is 313 g/mol. The molecule has 0 aliphatic carbocycles. The summed E-state index contributed by atoms with van der Waals surface area (Å²) in [7, 11) is -2.32. The summed E-state index contributed by atoms with van der Waals surface area (Å²) in [5.41, 5.74) is 5.64. The molecule has 0 fully saturated rings. The van der Waals surface area contributed by atoms with E-state index < -0.39 is 16.1 Å². The molecule has 18 heavy (non-hydrogen) atoms. The van der Waals surface area contributed by atoms with Crippen LogP contribution in [0, 0.1) is 0 Å². The third-order valence-corrected chi connectivity index (χ3v) is 4.41. The fourth-order valence-corrected chi connectivity index (χ4v) is 3.69. The van der Waals surface area contributed by atoms with E-state index in [-0.39, 0.29) is 27.2 Å². The molecule has 0 bridgehead atoms. The van der Waals surface area contributed by atoms with Gasteiger partial charge in [-0.3, -0.25) is 0 Å². The van der Waals surface area contributed by atoms with Crippen LogP contribution in [0.1, 0.15) is 6.92 Å². The van der Waals surface area contributed by atoms with E-state index in [4.69, 9.17) is 33.7 Å². The lowest BCUT2D eigenvalue weighted by atomic mass is 10.3. The fraction of sp³-hybridized carbons (Fsp3) is 0.400. The minimum absolute atomic E-state index is 0.00427. The highest BCUT2D eigenvalue weighted by Crippen LogP contribution is 2.31. The van der Waals surface area contributed by atoms with Crippen LogP contribution < -0.4 is 10.5 Å². The molecule has 1 aromatic rings. The normalized spacial score (nSPS) is 13.6. The Balaban J connectivity index is 3.13. The number of hydrogen-bond acceptors (Lipinski definition) is 4. The second kappa shape index (κ2) is 6.08. The van der Waals surface area contributed by atoms with Crippen LogP contribution in [0.5, 0.6) is 0 Å². The Labute approximate surface area is 116 Å². The van der Waals surface area contributed by atoms with E-state index in [0.717, 1.165) is 0 Å². The molecule has 0 heterocycles. The Hall–Kier alpha value is -0.530. The lowest BCUT2D eigenvalue weighted by Crippen LogP contribution is -2.36. The molecule has 0 aromatic heterocycles. The van der Waals surface area contributed by atoms with Gasteiger partial charge in [-0.2, -0.15) is 0 Å². The summed E-state index contributed by atoms with van der Waals surface area (Å²) < 4.78 is 31.5. The number of benzene rings is 1. The van der Waals surface area contributed by atoms with Gasteiger partial charge in [0.05, 0.1) is 17.3 Å². The van der Waals surface area contributed by atoms with Crippen LogP contribution in [0.25, 0.3) is 0 Å². The third-order valence-electron chi connectivity index (χ3n) is 2.08. The molecule has 0 aliphatic heterocycles. The van der Waals surface area contributed by atoms with Crippen molar-refractivity contribution in [3.63, 3.8) is 0 Å². The highest BCUT2D eigenvalue weighted by atomic mass is 35.5. The number of methoxy groups -OCH3 is 1. The zero-order valence-corrected chi connectivity index (χ0v) is 12.2. The van der Waals surface area contributed by atoms with Crippen molar-refractivity contribution in [2.24, 2.45) is 0 Å². The van der Waals surface area contributed by atoms with Gasteiger partial charge >= 0.3 is 0 Å². The maximum atomic E-state index is 12.1. The first-order valence-corrected chi connectivity index (χ1v) is 7.27. The Morgan fingerprint density at radius 2 is 2.06 bits per heavy atom. The van der Waals surface area contributed by atoms with E-state index in [1.807, 2.05) is 0 Å². The van der Waals surface area contributed by atoms with Gasteiger partial charge in [0.2, 0.25) is 10.0 Å². The highest BCUT2D eigenvalue weighted by molar-refractivity contribution is 7.89. The lowest BCUT2D eigenvalue weighted by molar-refractivity contribution is 0.180. The van der Waals surface area contributed by atoms with E-state index in [1.54, 1.807) is 6.92 Å². The number of rotatable bonds is 5. The maximum absolute atomic E-state index is 12.1. The first kappa shape index (κ1) is 15.5. The number of nitrogen functional groups attached to an aromatic ring is 1. The summed E-state index contributed by atoms with van der Waals surface area (Å²) in [6.07, 6.45) is 0. The molecule has 8 heteroatoms. The van der Waals surface area contributed by atoms with Gasteiger partial charge in [-0.15, -0.1) is 0 Å². The number of ether oxygens (including phenoxy) is 1. The van der Waals surface area contributed by atoms with Crippen molar-refractivity contribution in [2.45, 2.75) is 17.9 Å². The predicted molar refractivity (Wildman–Crippen MR) is 72.5 cm³/mol. The highest BCUT2D eigenvalue weighted by Gasteiger charge is 2.23. The summed E-state index contributed by atoms with van der Waals surface area (Å²) >= 11 is 11.6. The Morgan fingerprint density at radius 3 is 2.56 bits per heavy atom. The zero-order chi connectivity index (χ0) is 13.9. The lowest BCUT2D eigenvalue weighted by Gasteiger charge is -2.15. The third kappa shape index (κ3) is 3.73. The summed E-state index contributed by atoms with van der Waals surface area (Å²) in [4.78, 5) is -0.170. The standard InChI is InChI=1S/C10H14Cl2N2O3S/c1-6(5-17-2)14-18(15,16)10-8(12)3-7(11)4-9(10)13/h3-4,6,14H,5,13H2,1-2H3. The van der Waals surface area contributed by atoms with Crippen molar-refractivity contribution in [2.75, 3.05) is 19.5 Å². The van der Waals surface area contributed by atoms with Crippen molar-refractivity contribution in [3.05, 3.63) is 22.2 Å². The van der Waals surface area contributed by atoms with Gasteiger partial charge in [0.25, 0.3) is 0 Å². The molecule has 102 valence electrons. The number of anilines is 1. The van der Waals surface area contributed by atoms with Gasteiger partial charge in [0.1, 0.15) is 4.90 Å². The largest absolute Gasteiger partial charge is 0.398 e. The average Bonchev–Trinajstić information content (AvgIpc) is 2.13. The minimum atomic E-state index is -3.81. The zero-order valence-electron chi connectivity index (χ0n) is 9.91. The molecule has 0 saturated heterocycles. The molecule has 1 rings (SSSR count). The van der Waals surface area contributed by atoms with Crippen LogP contribution in [0.3, 0.4) is 0 Å². The van der Waals surface area contributed by atoms with Crippen molar-refractivity contribution in [1.82, 2.24) is 4.72 Å². The predicted octanol–water partition coefficient (Wildman–Crippen LogP) is 1.89. The van der Waals surface area contributed by atoms with E-state index in [9.17, 15) is 8.42 Å². The topological polar surface area (TPSA) is 81.4 Å². The molecular weight excluding hydrogens is 299 g/mol. The van der Waals surface area contributed by atoms with Gasteiger partial charge < -0.3 is 10.5 Å². The van der Waals surface area contributed by atoms with Crippen molar-refractivity contribution in [3.8, 4) is 0 Å². The molecule has 0 radical (unpaired) electrons. The first-order valence-electron chi connectivity index (χ1n) is 5.03. The monoisotopic (exact) mass is 312 g/mol. The van der Waals surface area contributed by atoms with Crippen LogP contribution >= 0.6 is 23.2 Å². The smallest absolute Gasteiger partial charge is 0.244 e. The summed E-state index contributed by atoms with van der Waals surface area (Å²) in [6.45, 7) is 1.91.